The molecule has 0 unspecified atom stereocenters. The summed E-state index contributed by atoms with van der Waals surface area (Å²) < 4.78 is 5.34. The maximum atomic E-state index is 14.5. The van der Waals surface area contributed by atoms with Gasteiger partial charge in [-0.15, -0.1) is 0 Å². The number of aliphatic hydroxyl groups is 2. The van der Waals surface area contributed by atoms with Crippen LogP contribution in [0.15, 0.2) is 85.1 Å². The number of aromatic nitrogens is 1. The zero-order valence-corrected chi connectivity index (χ0v) is 51.6. The van der Waals surface area contributed by atoms with Crippen LogP contribution in [0.4, 0.5) is 0 Å². The molecule has 3 aromatic carbocycles. The number of likely N-dealkylation sites (tertiary alicyclic amines) is 1. The lowest BCUT2D eigenvalue weighted by molar-refractivity contribution is -0.142. The number of benzene rings is 3. The molecular weight excluding hydrogens is 1180 g/mol. The lowest BCUT2D eigenvalue weighted by Gasteiger charge is -2.30. The highest BCUT2D eigenvalue weighted by Gasteiger charge is 2.43. The van der Waals surface area contributed by atoms with Crippen LogP contribution in [0.3, 0.4) is 0 Å². The molecule has 2 heterocycles. The second-order valence-electron chi connectivity index (χ2n) is 22.7. The average molecular weight is 1270 g/mol. The summed E-state index contributed by atoms with van der Waals surface area (Å²) in [6.45, 7) is 5.20. The number of rotatable bonds is 34. The molecule has 0 spiro atoms. The highest BCUT2D eigenvalue weighted by molar-refractivity contribution is 6.00. The van der Waals surface area contributed by atoms with E-state index in [0.717, 1.165) is 22.7 Å². The Morgan fingerprint density at radius 2 is 1.25 bits per heavy atom. The van der Waals surface area contributed by atoms with E-state index in [-0.39, 0.29) is 75.7 Å². The monoisotopic (exact) mass is 1270 g/mol. The summed E-state index contributed by atoms with van der Waals surface area (Å²) in [5.41, 5.74) is 13.8. The van der Waals surface area contributed by atoms with Crippen LogP contribution in [0.1, 0.15) is 76.5 Å². The first kappa shape index (κ1) is 72.1. The molecule has 11 atom stereocenters. The number of H-pyrrole nitrogens is 1. The summed E-state index contributed by atoms with van der Waals surface area (Å²) in [4.78, 5) is 155. The molecule has 0 bridgehead atoms. The number of phenolic OH excluding ortho intramolecular Hbond substituents is 1. The Hall–Kier alpha value is -9.68. The molecule has 19 N–H and O–H groups in total. The van der Waals surface area contributed by atoms with Gasteiger partial charge in [0.2, 0.25) is 65.0 Å². The molecule has 1 aromatic heterocycles. The van der Waals surface area contributed by atoms with Crippen molar-refractivity contribution in [2.24, 2.45) is 17.4 Å². The SMILES string of the molecule is CNC(=N)NCCC[C@H](NC(=O)[C@H](CC(C)C)NC(=O)[C@H](COC)NC(=O)[C@H](Cc1ccccc1)NC(=O)[C@@H](NC(=O)[C@H](CC(N)=O)NC(=O)[C@@H]1C[C@@H](O)CN1C(=O)[C@@H](Cc1ccc(O)cc1)NC(C)=O)[C@@H](C)O)C(=O)N[C@@H](Cc1c[nH]c2ccccc12)C(N)=O. The number of nitrogens with one attached hydrogen (secondary N) is 12. The maximum Gasteiger partial charge on any atom is 0.246 e. The van der Waals surface area contributed by atoms with E-state index in [4.69, 9.17) is 21.6 Å². The molecule has 1 aliphatic rings. The van der Waals surface area contributed by atoms with Gasteiger partial charge in [-0.3, -0.25) is 58.1 Å². The van der Waals surface area contributed by atoms with Crippen LogP contribution in [0.25, 0.3) is 10.9 Å². The Kier molecular flexibility index (Phi) is 27.6. The van der Waals surface area contributed by atoms with Gasteiger partial charge in [-0.25, -0.2) is 0 Å². The van der Waals surface area contributed by atoms with Crippen LogP contribution in [0, 0.1) is 11.3 Å². The van der Waals surface area contributed by atoms with E-state index in [9.17, 15) is 68.1 Å². The van der Waals surface area contributed by atoms with E-state index < -0.39 is 145 Å². The number of aromatic amines is 1. The normalized spacial score (nSPS) is 16.6. The first-order valence-electron chi connectivity index (χ1n) is 29.7. The van der Waals surface area contributed by atoms with Crippen molar-refractivity contribution in [1.82, 2.24) is 63.1 Å². The van der Waals surface area contributed by atoms with Crippen molar-refractivity contribution >= 4 is 81.8 Å². The molecule has 30 nitrogen and oxygen atoms in total. The fourth-order valence-electron chi connectivity index (χ4n) is 10.2. The van der Waals surface area contributed by atoms with Gasteiger partial charge in [0.25, 0.3) is 0 Å². The fourth-order valence-corrected chi connectivity index (χ4v) is 10.2. The Balaban J connectivity index is 1.33. The number of amides is 11. The minimum Gasteiger partial charge on any atom is -0.508 e. The van der Waals surface area contributed by atoms with Gasteiger partial charge in [0, 0.05) is 77.0 Å². The smallest absolute Gasteiger partial charge is 0.246 e. The zero-order valence-electron chi connectivity index (χ0n) is 51.6. The molecule has 1 saturated heterocycles. The maximum absolute atomic E-state index is 14.5. The average Bonchev–Trinajstić information content (AvgIpc) is 1.80. The topological polar surface area (TPSA) is 473 Å². The molecule has 1 aliphatic heterocycles. The number of carbonyl (C=O) groups excluding carboxylic acids is 11. The van der Waals surface area contributed by atoms with Crippen molar-refractivity contribution in [3.8, 4) is 5.75 Å². The van der Waals surface area contributed by atoms with Crippen LogP contribution in [-0.4, -0.2) is 197 Å². The molecule has 0 radical (unpaired) electrons. The van der Waals surface area contributed by atoms with Crippen molar-refractivity contribution in [3.05, 3.63) is 102 Å². The molecule has 0 aliphatic carbocycles. The van der Waals surface area contributed by atoms with Crippen molar-refractivity contribution in [2.75, 3.05) is 33.9 Å². The molecular formula is C61H85N15O15. The molecule has 30 heteroatoms. The Bertz CT molecular complexity index is 3200. The van der Waals surface area contributed by atoms with E-state index in [1.165, 1.54) is 38.3 Å². The van der Waals surface area contributed by atoms with Gasteiger partial charge in [0.1, 0.15) is 60.1 Å². The van der Waals surface area contributed by atoms with Crippen molar-refractivity contribution in [1.29, 1.82) is 5.41 Å². The second kappa shape index (κ2) is 34.9. The highest BCUT2D eigenvalue weighted by atomic mass is 16.5. The minimum absolute atomic E-state index is 0.00203. The number of aromatic hydroxyl groups is 1. The number of hydrogen-bond donors (Lipinski definition) is 17. The Labute approximate surface area is 525 Å². The predicted molar refractivity (Wildman–Crippen MR) is 331 cm³/mol. The van der Waals surface area contributed by atoms with Gasteiger partial charge in [-0.1, -0.05) is 74.5 Å². The number of methoxy groups -OCH3 is 1. The summed E-state index contributed by atoms with van der Waals surface area (Å²) in [7, 11) is 2.78. The van der Waals surface area contributed by atoms with Gasteiger partial charge in [-0.2, -0.15) is 0 Å². The highest BCUT2D eigenvalue weighted by Crippen LogP contribution is 2.23. The van der Waals surface area contributed by atoms with Gasteiger partial charge < -0.3 is 94.6 Å². The van der Waals surface area contributed by atoms with Gasteiger partial charge in [-0.05, 0) is 67.0 Å². The van der Waals surface area contributed by atoms with Crippen LogP contribution in [0.5, 0.6) is 5.75 Å². The van der Waals surface area contributed by atoms with Crippen LogP contribution < -0.4 is 64.6 Å². The quantitative estimate of drug-likeness (QED) is 0.0124. The van der Waals surface area contributed by atoms with E-state index >= 15 is 0 Å². The van der Waals surface area contributed by atoms with Crippen molar-refractivity contribution < 1.29 is 72.8 Å². The van der Waals surface area contributed by atoms with Crippen LogP contribution in [0.2, 0.25) is 0 Å². The van der Waals surface area contributed by atoms with E-state index in [2.05, 4.69) is 58.2 Å². The largest absolute Gasteiger partial charge is 0.508 e. The van der Waals surface area contributed by atoms with Crippen LogP contribution in [-0.2, 0) is 76.7 Å². The number of primary amides is 2. The predicted octanol–water partition coefficient (Wildman–Crippen LogP) is -3.28. The van der Waals surface area contributed by atoms with Gasteiger partial charge in [0.15, 0.2) is 5.96 Å². The molecule has 0 saturated carbocycles. The standard InChI is InChI=1S/C61H85N15O15/c1-32(2)23-44(54(84)69-42(17-12-22-66-61(64)65-5)53(83)70-43(52(63)82)26-37-29-67-41-16-11-10-15-40(37)41)71-57(87)48(31-91-6)74-55(85)45(24-35-13-8-7-9-14-35)73-59(89)51(33(3)77)75-56(86)46(28-50(62)81)72-58(88)49-27-39(80)30-76(49)60(90)47(68-34(4)78)25-36-18-20-38(79)21-19-36/h7-11,13-16,18-21,29,32-33,39,42-49,51,67,77,79-80H,12,17,22-28,30-31H2,1-6H3,(H2,62,81)(H2,63,82)(H,68,78)(H,69,84)(H,70,83)(H,71,87)(H,72,88)(H,73,89)(H,74,85)(H,75,86)(H3,64,65,66)/t33-,39-,42+,43+,44+,45+,46+,47-,48+,49+,51+/m1/s1. The third kappa shape index (κ3) is 22.4. The molecule has 4 aromatic rings. The summed E-state index contributed by atoms with van der Waals surface area (Å²) in [5.74, 6) is -10.5. The molecule has 11 amide bonds. The molecule has 5 rings (SSSR count). The summed E-state index contributed by atoms with van der Waals surface area (Å²) in [6, 6.07) is 7.94. The number of nitrogens with zero attached hydrogens (tertiary/aromatic N) is 1. The first-order chi connectivity index (χ1) is 43.2. The molecule has 91 heavy (non-hydrogen) atoms. The number of hydrogen-bond acceptors (Lipinski definition) is 16. The van der Waals surface area contributed by atoms with E-state index in [0.29, 0.717) is 16.7 Å². The Morgan fingerprint density at radius 1 is 0.681 bits per heavy atom. The second-order valence-corrected chi connectivity index (χ2v) is 22.7. The number of nitrogens with two attached hydrogens (primary N) is 2. The lowest BCUT2D eigenvalue weighted by atomic mass is 10.0. The summed E-state index contributed by atoms with van der Waals surface area (Å²) in [6.07, 6.45) is -2.55. The third-order valence-corrected chi connectivity index (χ3v) is 14.9. The molecule has 1 fully saturated rings. The van der Waals surface area contributed by atoms with E-state index in [1.54, 1.807) is 57.4 Å². The number of ether oxygens (including phenoxy) is 1. The van der Waals surface area contributed by atoms with Crippen LogP contribution >= 0.6 is 0 Å². The summed E-state index contributed by atoms with van der Waals surface area (Å²) >= 11 is 0. The van der Waals surface area contributed by atoms with Crippen molar-refractivity contribution in [3.63, 3.8) is 0 Å². The zero-order chi connectivity index (χ0) is 67.1. The number of β-amino-alcohol motifs (C(OH)–C–C–N with tert-alkyl or cyclic N) is 1. The number of fused-ring (bicyclic) bond motifs is 1. The number of guanidine groups is 1. The number of para-hydroxylation sites is 1. The number of aliphatic hydroxyl groups excluding tert-OH is 2. The summed E-state index contributed by atoms with van der Waals surface area (Å²) in [5, 5.41) is 66.0. The van der Waals surface area contributed by atoms with Crippen molar-refractivity contribution in [2.45, 2.75) is 146 Å². The van der Waals surface area contributed by atoms with Gasteiger partial charge in [0.05, 0.1) is 25.2 Å². The lowest BCUT2D eigenvalue weighted by Crippen LogP contribution is -2.62. The minimum atomic E-state index is -1.91. The van der Waals surface area contributed by atoms with Gasteiger partial charge >= 0.3 is 0 Å². The third-order valence-electron chi connectivity index (χ3n) is 14.9. The van der Waals surface area contributed by atoms with E-state index in [1.807, 2.05) is 24.3 Å². The first-order valence-corrected chi connectivity index (χ1v) is 29.7. The number of carbonyl (C=O) groups is 11. The Morgan fingerprint density at radius 3 is 1.88 bits per heavy atom. The molecule has 494 valence electrons. The fraction of sp³-hybridized carbons (Fsp3) is 0.475. The number of phenols is 1.